The first kappa shape index (κ1) is 55.9. The molecule has 0 spiro atoms. The number of ether oxygens (including phenoxy) is 2. The van der Waals surface area contributed by atoms with Crippen molar-refractivity contribution in [2.24, 2.45) is 5.73 Å². The van der Waals surface area contributed by atoms with E-state index in [2.05, 4.69) is 79.1 Å². The van der Waals surface area contributed by atoms with Gasteiger partial charge in [-0.1, -0.05) is 183 Å². The summed E-state index contributed by atoms with van der Waals surface area (Å²) < 4.78 is 32.6. The van der Waals surface area contributed by atoms with E-state index < -0.39 is 51.1 Å². The van der Waals surface area contributed by atoms with Crippen molar-refractivity contribution in [2.45, 2.75) is 187 Å². The molecule has 0 fully saturated rings. The predicted octanol–water partition coefficient (Wildman–Crippen LogP) is 12.1. The summed E-state index contributed by atoms with van der Waals surface area (Å²) >= 11 is 0. The fourth-order valence-electron chi connectivity index (χ4n) is 5.74. The summed E-state index contributed by atoms with van der Waals surface area (Å²) in [6, 6.07) is -1.53. The molecule has 0 aliphatic carbocycles. The zero-order valence-corrected chi connectivity index (χ0v) is 37.5. The van der Waals surface area contributed by atoms with Crippen molar-refractivity contribution in [1.82, 2.24) is 0 Å². The van der Waals surface area contributed by atoms with Crippen molar-refractivity contribution in [3.05, 3.63) is 72.9 Å². The van der Waals surface area contributed by atoms with Gasteiger partial charge in [-0.05, 0) is 51.4 Å². The van der Waals surface area contributed by atoms with Crippen LogP contribution in [0, 0.1) is 0 Å². The Bertz CT molecular complexity index is 1280. The lowest BCUT2D eigenvalue weighted by Gasteiger charge is -2.20. The molecule has 0 saturated carbocycles. The summed E-state index contributed by atoms with van der Waals surface area (Å²) in [7, 11) is -4.74. The standard InChI is InChI=1S/C47H80NO10P/c1-3-5-7-9-11-13-15-17-19-21-22-23-25-26-28-30-32-34-36-38-45(49)55-40-43(41-56-59(53,54)57-42-44(48)47(51)52)58-46(50)39-37-35-33-31-29-27-24-20-18-16-14-12-10-8-6-4-2/h5,7,11,13,17,19,22-23,26,28,32,34,43-44H,3-4,6,8-10,12,14-16,18,20-21,24-25,27,29-31,33,35-42,48H2,1-2H3,(H,51,52)(H,53,54)/b7-5-,13-11+,19-17+,23-22+,28-26+,34-32+. The number of nitrogens with two attached hydrogens (primary N) is 1. The SMILES string of the molecule is CC/C=C\C/C=C/C/C=C/C/C=C/C/C=C/C/C=C/CCC(=O)OCC(COP(=O)(O)OCC(N)C(=O)O)OC(=O)CCCCCCCCCCCCCCCCCC. The van der Waals surface area contributed by atoms with Crippen molar-refractivity contribution >= 4 is 25.7 Å². The van der Waals surface area contributed by atoms with Crippen LogP contribution in [-0.4, -0.2) is 59.9 Å². The van der Waals surface area contributed by atoms with Gasteiger partial charge in [-0.2, -0.15) is 0 Å². The van der Waals surface area contributed by atoms with Crippen LogP contribution < -0.4 is 5.73 Å². The number of carboxylic acids is 1. The van der Waals surface area contributed by atoms with E-state index >= 15 is 0 Å². The Labute approximate surface area is 357 Å². The maximum atomic E-state index is 12.6. The molecule has 0 aromatic rings. The average Bonchev–Trinajstić information content (AvgIpc) is 3.21. The summed E-state index contributed by atoms with van der Waals surface area (Å²) in [6.45, 7) is 2.62. The summed E-state index contributed by atoms with van der Waals surface area (Å²) in [5.74, 6) is -2.49. The highest BCUT2D eigenvalue weighted by Crippen LogP contribution is 2.43. The molecule has 3 atom stereocenters. The van der Waals surface area contributed by atoms with Crippen molar-refractivity contribution in [3.63, 3.8) is 0 Å². The fourth-order valence-corrected chi connectivity index (χ4v) is 6.52. The largest absolute Gasteiger partial charge is 0.480 e. The predicted molar refractivity (Wildman–Crippen MR) is 240 cm³/mol. The number of carboxylic acid groups (broad SMARTS) is 1. The van der Waals surface area contributed by atoms with Crippen LogP contribution in [0.15, 0.2) is 72.9 Å². The Hall–Kier alpha value is -3.08. The van der Waals surface area contributed by atoms with Gasteiger partial charge in [0.05, 0.1) is 13.2 Å². The molecule has 59 heavy (non-hydrogen) atoms. The second-order valence-electron chi connectivity index (χ2n) is 14.8. The molecule has 0 aliphatic heterocycles. The highest BCUT2D eigenvalue weighted by molar-refractivity contribution is 7.47. The van der Waals surface area contributed by atoms with E-state index in [0.717, 1.165) is 57.8 Å². The van der Waals surface area contributed by atoms with Crippen LogP contribution in [0.25, 0.3) is 0 Å². The van der Waals surface area contributed by atoms with Crippen LogP contribution >= 0.6 is 7.82 Å². The second kappa shape index (κ2) is 41.6. The van der Waals surface area contributed by atoms with Gasteiger partial charge in [-0.25, -0.2) is 4.57 Å². The molecule has 0 aliphatic rings. The number of carbonyl (C=O) groups is 3. The maximum absolute atomic E-state index is 12.6. The molecule has 11 nitrogen and oxygen atoms in total. The van der Waals surface area contributed by atoms with E-state index in [1.54, 1.807) is 0 Å². The zero-order chi connectivity index (χ0) is 43.5. The van der Waals surface area contributed by atoms with Gasteiger partial charge in [0.2, 0.25) is 0 Å². The summed E-state index contributed by atoms with van der Waals surface area (Å²) in [5, 5.41) is 8.89. The molecule has 0 saturated heterocycles. The average molecular weight is 850 g/mol. The minimum absolute atomic E-state index is 0.0948. The fraction of sp³-hybridized carbons (Fsp3) is 0.681. The molecule has 3 unspecified atom stereocenters. The minimum Gasteiger partial charge on any atom is -0.480 e. The maximum Gasteiger partial charge on any atom is 0.472 e. The minimum atomic E-state index is -4.74. The quantitative estimate of drug-likeness (QED) is 0.0231. The lowest BCUT2D eigenvalue weighted by atomic mass is 10.0. The highest BCUT2D eigenvalue weighted by Gasteiger charge is 2.28. The second-order valence-corrected chi connectivity index (χ2v) is 16.3. The third-order valence-electron chi connectivity index (χ3n) is 9.23. The Kier molecular flexibility index (Phi) is 39.5. The Morgan fingerprint density at radius 1 is 0.542 bits per heavy atom. The van der Waals surface area contributed by atoms with Crippen LogP contribution in [0.5, 0.6) is 0 Å². The first-order chi connectivity index (χ1) is 28.6. The molecule has 0 bridgehead atoms. The normalized spacial score (nSPS) is 14.4. The molecule has 0 aromatic carbocycles. The van der Waals surface area contributed by atoms with Crippen LogP contribution in [-0.2, 0) is 37.5 Å². The molecule has 0 radical (unpaired) electrons. The number of hydrogen-bond donors (Lipinski definition) is 3. The van der Waals surface area contributed by atoms with E-state index in [0.29, 0.717) is 12.8 Å². The van der Waals surface area contributed by atoms with Gasteiger partial charge < -0.3 is 25.2 Å². The van der Waals surface area contributed by atoms with Gasteiger partial charge in [0.25, 0.3) is 0 Å². The van der Waals surface area contributed by atoms with Crippen molar-refractivity contribution in [1.29, 1.82) is 0 Å². The van der Waals surface area contributed by atoms with Gasteiger partial charge >= 0.3 is 25.7 Å². The zero-order valence-electron chi connectivity index (χ0n) is 36.6. The third-order valence-corrected chi connectivity index (χ3v) is 10.2. The first-order valence-electron chi connectivity index (χ1n) is 22.5. The van der Waals surface area contributed by atoms with E-state index in [-0.39, 0.29) is 19.4 Å². The van der Waals surface area contributed by atoms with Crippen molar-refractivity contribution in [3.8, 4) is 0 Å². The molecular weight excluding hydrogens is 769 g/mol. The van der Waals surface area contributed by atoms with Crippen LogP contribution in [0.2, 0.25) is 0 Å². The molecule has 338 valence electrons. The lowest BCUT2D eigenvalue weighted by molar-refractivity contribution is -0.161. The number of phosphoric acid groups is 1. The van der Waals surface area contributed by atoms with Crippen LogP contribution in [0.3, 0.4) is 0 Å². The van der Waals surface area contributed by atoms with E-state index in [4.69, 9.17) is 24.8 Å². The van der Waals surface area contributed by atoms with E-state index in [1.807, 2.05) is 12.2 Å². The van der Waals surface area contributed by atoms with Gasteiger partial charge in [0.1, 0.15) is 12.6 Å². The topological polar surface area (TPSA) is 172 Å². The van der Waals surface area contributed by atoms with Crippen LogP contribution in [0.4, 0.5) is 0 Å². The number of carbonyl (C=O) groups excluding carboxylic acids is 2. The molecule has 0 heterocycles. The molecule has 0 amide bonds. The third kappa shape index (κ3) is 41.4. The summed E-state index contributed by atoms with van der Waals surface area (Å²) in [5.41, 5.74) is 5.33. The number of hydrogen-bond acceptors (Lipinski definition) is 9. The number of phosphoric ester groups is 1. The molecular formula is C47H80NO10P. The van der Waals surface area contributed by atoms with Crippen molar-refractivity contribution < 1.29 is 47.5 Å². The number of allylic oxidation sites excluding steroid dienone is 12. The molecule has 0 rings (SSSR count). The number of rotatable bonds is 41. The van der Waals surface area contributed by atoms with Gasteiger partial charge in [-0.15, -0.1) is 0 Å². The van der Waals surface area contributed by atoms with E-state index in [1.165, 1.54) is 77.0 Å². The van der Waals surface area contributed by atoms with Gasteiger partial charge in [0.15, 0.2) is 6.10 Å². The molecule has 4 N–H and O–H groups in total. The molecule has 12 heteroatoms. The summed E-state index contributed by atoms with van der Waals surface area (Å²) in [4.78, 5) is 46.0. The Morgan fingerprint density at radius 2 is 0.949 bits per heavy atom. The number of aliphatic carboxylic acids is 1. The smallest absolute Gasteiger partial charge is 0.472 e. The Morgan fingerprint density at radius 3 is 1.39 bits per heavy atom. The van der Waals surface area contributed by atoms with Gasteiger partial charge in [0, 0.05) is 12.8 Å². The lowest BCUT2D eigenvalue weighted by Crippen LogP contribution is -2.34. The van der Waals surface area contributed by atoms with Crippen molar-refractivity contribution in [2.75, 3.05) is 19.8 Å². The Balaban J connectivity index is 4.46. The number of unbranched alkanes of at least 4 members (excludes halogenated alkanes) is 15. The highest BCUT2D eigenvalue weighted by atomic mass is 31.2. The van der Waals surface area contributed by atoms with Gasteiger partial charge in [-0.3, -0.25) is 23.4 Å². The summed E-state index contributed by atoms with van der Waals surface area (Å²) in [6.07, 6.45) is 49.8. The monoisotopic (exact) mass is 850 g/mol. The number of esters is 2. The van der Waals surface area contributed by atoms with E-state index in [9.17, 15) is 23.8 Å². The molecule has 0 aromatic heterocycles. The first-order valence-corrected chi connectivity index (χ1v) is 24.0. The van der Waals surface area contributed by atoms with Crippen LogP contribution in [0.1, 0.15) is 174 Å².